The molecular weight excluding hydrogens is 633 g/mol. The molecule has 1 amide bonds. The summed E-state index contributed by atoms with van der Waals surface area (Å²) in [4.78, 5) is 35.4. The summed E-state index contributed by atoms with van der Waals surface area (Å²) in [6, 6.07) is 16.3. The van der Waals surface area contributed by atoms with Gasteiger partial charge in [-0.25, -0.2) is 9.97 Å². The van der Waals surface area contributed by atoms with Gasteiger partial charge >= 0.3 is 0 Å². The topological polar surface area (TPSA) is 135 Å². The minimum absolute atomic E-state index is 0.0903. The van der Waals surface area contributed by atoms with Crippen LogP contribution in [0.3, 0.4) is 0 Å². The van der Waals surface area contributed by atoms with Crippen molar-refractivity contribution >= 4 is 35.2 Å². The molecule has 11 nitrogen and oxygen atoms in total. The summed E-state index contributed by atoms with van der Waals surface area (Å²) in [6.07, 6.45) is 13.8. The Labute approximate surface area is 291 Å². The van der Waals surface area contributed by atoms with Crippen molar-refractivity contribution in [2.24, 2.45) is 5.10 Å². The number of carbonyl (C=O) groups is 1. The number of thiazole rings is 1. The first-order chi connectivity index (χ1) is 24.0. The predicted molar refractivity (Wildman–Crippen MR) is 193 cm³/mol. The second-order valence-corrected chi connectivity index (χ2v) is 13.4. The van der Waals surface area contributed by atoms with E-state index >= 15 is 0 Å². The third-order valence-corrected chi connectivity index (χ3v) is 9.76. The molecule has 5 heterocycles. The van der Waals surface area contributed by atoms with Crippen LogP contribution in [0.15, 0.2) is 77.6 Å². The molecular formula is C37H42N10OS. The summed E-state index contributed by atoms with van der Waals surface area (Å²) in [5.74, 6) is 0.755. The Morgan fingerprint density at radius 2 is 2.02 bits per heavy atom. The van der Waals surface area contributed by atoms with E-state index in [0.717, 1.165) is 62.0 Å². The third-order valence-electron chi connectivity index (χ3n) is 8.90. The van der Waals surface area contributed by atoms with Crippen LogP contribution in [0, 0.1) is 11.3 Å². The fraction of sp³-hybridized carbons (Fsp3) is 0.378. The number of hydrogen-bond donors (Lipinski definition) is 2. The van der Waals surface area contributed by atoms with E-state index in [1.165, 1.54) is 4.88 Å². The van der Waals surface area contributed by atoms with Crippen LogP contribution >= 0.6 is 11.3 Å². The number of nitriles is 1. The normalized spacial score (nSPS) is 16.7. The van der Waals surface area contributed by atoms with Crippen LogP contribution in [-0.2, 0) is 24.3 Å². The van der Waals surface area contributed by atoms with Gasteiger partial charge < -0.3 is 15.5 Å². The van der Waals surface area contributed by atoms with Gasteiger partial charge in [0.2, 0.25) is 11.9 Å². The van der Waals surface area contributed by atoms with Gasteiger partial charge in [-0.1, -0.05) is 61.9 Å². The quantitative estimate of drug-likeness (QED) is 0.159. The number of nitrogens with zero attached hydrogens (tertiary/aromatic N) is 8. The first-order valence-corrected chi connectivity index (χ1v) is 17.8. The first kappa shape index (κ1) is 33.7. The maximum absolute atomic E-state index is 13.6. The average Bonchev–Trinajstić information content (AvgIpc) is 3.80. The summed E-state index contributed by atoms with van der Waals surface area (Å²) in [5.41, 5.74) is 6.32. The average molecular weight is 675 g/mol. The fourth-order valence-electron chi connectivity index (χ4n) is 6.21. The lowest BCUT2D eigenvalue weighted by Gasteiger charge is -2.28. The van der Waals surface area contributed by atoms with Crippen molar-refractivity contribution in [3.8, 4) is 6.07 Å². The van der Waals surface area contributed by atoms with Crippen LogP contribution in [0.25, 0.3) is 0 Å². The Bertz CT molecular complexity index is 1800. The SMILES string of the molecule is CCC[C@@H](CC/C=C/C(C(=O)NCc1ccccc1)c1ccc(C2C=NN(C)C2)cn1)Nc1ncc(C#N)c(N2CCc3ncsc3C2)n1. The van der Waals surface area contributed by atoms with E-state index in [1.54, 1.807) is 17.5 Å². The van der Waals surface area contributed by atoms with E-state index in [9.17, 15) is 10.1 Å². The number of hydrazone groups is 1. The van der Waals surface area contributed by atoms with Crippen LogP contribution in [0.4, 0.5) is 11.8 Å². The first-order valence-electron chi connectivity index (χ1n) is 16.9. The fourth-order valence-corrected chi connectivity index (χ4v) is 7.04. The molecule has 0 radical (unpaired) electrons. The molecule has 49 heavy (non-hydrogen) atoms. The molecule has 6 rings (SSSR count). The van der Waals surface area contributed by atoms with Crippen molar-refractivity contribution in [1.29, 1.82) is 5.26 Å². The van der Waals surface area contributed by atoms with Gasteiger partial charge in [-0.15, -0.1) is 11.3 Å². The van der Waals surface area contributed by atoms with Gasteiger partial charge in [0, 0.05) is 62.4 Å². The number of amides is 1. The number of pyridine rings is 1. The van der Waals surface area contributed by atoms with E-state index in [0.29, 0.717) is 36.1 Å². The van der Waals surface area contributed by atoms with Crippen LogP contribution in [0.1, 0.15) is 77.4 Å². The van der Waals surface area contributed by atoms with E-state index in [1.807, 2.05) is 72.5 Å². The van der Waals surface area contributed by atoms with Crippen LogP contribution in [0.2, 0.25) is 0 Å². The molecule has 0 spiro atoms. The van der Waals surface area contributed by atoms with Crippen molar-refractivity contribution in [1.82, 2.24) is 30.3 Å². The lowest BCUT2D eigenvalue weighted by Crippen LogP contribution is -2.31. The Balaban J connectivity index is 1.12. The van der Waals surface area contributed by atoms with Crippen molar-refractivity contribution in [2.75, 3.05) is 30.4 Å². The molecule has 1 aromatic carbocycles. The predicted octanol–water partition coefficient (Wildman–Crippen LogP) is 5.79. The number of likely N-dealkylation sites (N-methyl/N-ethyl adjacent to an activating group) is 1. The van der Waals surface area contributed by atoms with Gasteiger partial charge in [0.15, 0.2) is 5.82 Å². The van der Waals surface area contributed by atoms with E-state index in [4.69, 9.17) is 9.97 Å². The van der Waals surface area contributed by atoms with Crippen LogP contribution in [-0.4, -0.2) is 63.2 Å². The largest absolute Gasteiger partial charge is 0.351 e. The number of anilines is 2. The Morgan fingerprint density at radius 3 is 2.78 bits per heavy atom. The zero-order valence-electron chi connectivity index (χ0n) is 28.0. The molecule has 3 atom stereocenters. The van der Waals surface area contributed by atoms with Gasteiger partial charge in [0.05, 0.1) is 35.6 Å². The molecule has 0 aliphatic carbocycles. The number of carbonyl (C=O) groups excluding carboxylic acids is 1. The lowest BCUT2D eigenvalue weighted by atomic mass is 9.98. The molecule has 2 N–H and O–H groups in total. The summed E-state index contributed by atoms with van der Waals surface area (Å²) in [5, 5.41) is 22.7. The lowest BCUT2D eigenvalue weighted by molar-refractivity contribution is -0.121. The molecule has 0 saturated carbocycles. The Morgan fingerprint density at radius 1 is 1.14 bits per heavy atom. The van der Waals surface area contributed by atoms with Crippen molar-refractivity contribution in [3.63, 3.8) is 0 Å². The second kappa shape index (κ2) is 16.3. The zero-order valence-corrected chi connectivity index (χ0v) is 28.8. The molecule has 0 bridgehead atoms. The van der Waals surface area contributed by atoms with Crippen LogP contribution < -0.4 is 15.5 Å². The number of allylic oxidation sites excluding steroid dienone is 1. The highest BCUT2D eigenvalue weighted by molar-refractivity contribution is 7.09. The Hall–Kier alpha value is -5.15. The molecule has 12 heteroatoms. The third kappa shape index (κ3) is 8.66. The smallest absolute Gasteiger partial charge is 0.233 e. The molecule has 0 fully saturated rings. The van der Waals surface area contributed by atoms with Gasteiger partial charge in [-0.2, -0.15) is 15.3 Å². The second-order valence-electron chi connectivity index (χ2n) is 12.5. The molecule has 2 aliphatic heterocycles. The minimum atomic E-state index is -0.525. The number of nitrogens with one attached hydrogen (secondary N) is 2. The van der Waals surface area contributed by atoms with Crippen molar-refractivity contribution in [3.05, 3.63) is 105 Å². The molecule has 252 valence electrons. The molecule has 2 unspecified atom stereocenters. The van der Waals surface area contributed by atoms with Crippen molar-refractivity contribution in [2.45, 2.75) is 70.0 Å². The van der Waals surface area contributed by atoms with E-state index in [-0.39, 0.29) is 17.9 Å². The zero-order chi connectivity index (χ0) is 34.0. The Kier molecular flexibility index (Phi) is 11.2. The minimum Gasteiger partial charge on any atom is -0.351 e. The monoisotopic (exact) mass is 674 g/mol. The van der Waals surface area contributed by atoms with Gasteiger partial charge in [0.25, 0.3) is 0 Å². The highest BCUT2D eigenvalue weighted by Crippen LogP contribution is 2.28. The van der Waals surface area contributed by atoms with E-state index < -0.39 is 5.92 Å². The van der Waals surface area contributed by atoms with E-state index in [2.05, 4.69) is 55.7 Å². The number of aromatic nitrogens is 4. The summed E-state index contributed by atoms with van der Waals surface area (Å²) in [6.45, 7) is 4.88. The maximum atomic E-state index is 13.6. The highest BCUT2D eigenvalue weighted by atomic mass is 32.1. The number of hydrogen-bond acceptors (Lipinski definition) is 11. The molecule has 4 aromatic rings. The van der Waals surface area contributed by atoms with Crippen LogP contribution in [0.5, 0.6) is 0 Å². The highest BCUT2D eigenvalue weighted by Gasteiger charge is 2.24. The molecule has 3 aromatic heterocycles. The molecule has 2 aliphatic rings. The number of rotatable bonds is 14. The summed E-state index contributed by atoms with van der Waals surface area (Å²) in [7, 11) is 1.96. The van der Waals surface area contributed by atoms with Crippen molar-refractivity contribution < 1.29 is 4.79 Å². The summed E-state index contributed by atoms with van der Waals surface area (Å²) >= 11 is 1.64. The number of benzene rings is 1. The molecule has 0 saturated heterocycles. The summed E-state index contributed by atoms with van der Waals surface area (Å²) < 4.78 is 0. The standard InChI is InChI=1S/C37H42N10OS/c1-3-9-30(44-37-41-21-28(18-38)35(45-37)47-17-16-33-34(24-47)49-25-42-33)12-7-8-13-31(36(48)40-19-26-10-5-4-6-11-26)32-15-14-27(20-39-32)29-22-43-46(2)23-29/h4-6,8,10-11,13-15,20-22,25,29-31H,3,7,9,12,16-17,19,23-24H2,1-2H3,(H,40,48)(H,41,44,45)/b13-8+/t29?,30-,31?/m0/s1. The van der Waals surface area contributed by atoms with Gasteiger partial charge in [0.1, 0.15) is 11.6 Å². The van der Waals surface area contributed by atoms with Gasteiger partial charge in [-0.05, 0) is 36.5 Å². The number of fused-ring (bicyclic) bond motifs is 1. The maximum Gasteiger partial charge on any atom is 0.233 e. The van der Waals surface area contributed by atoms with Gasteiger partial charge in [-0.3, -0.25) is 14.8 Å².